The predicted molar refractivity (Wildman–Crippen MR) is 124 cm³/mol. The minimum absolute atomic E-state index is 0.0393. The topological polar surface area (TPSA) is 61.9 Å². The summed E-state index contributed by atoms with van der Waals surface area (Å²) in [6, 6.07) is 16.0. The third kappa shape index (κ3) is 5.05. The fourth-order valence-electron chi connectivity index (χ4n) is 4.34. The summed E-state index contributed by atoms with van der Waals surface area (Å²) in [6.45, 7) is 2.97. The molecule has 0 unspecified atom stereocenters. The highest BCUT2D eigenvalue weighted by atomic mass is 32.2. The number of methoxy groups -OCH3 is 1. The summed E-state index contributed by atoms with van der Waals surface area (Å²) < 4.78 is 5.58. The van der Waals surface area contributed by atoms with Crippen LogP contribution in [0.2, 0.25) is 0 Å². The van der Waals surface area contributed by atoms with E-state index in [1.54, 1.807) is 23.8 Å². The van der Waals surface area contributed by atoms with Crippen molar-refractivity contribution in [3.05, 3.63) is 54.1 Å². The molecule has 2 aromatic rings. The van der Waals surface area contributed by atoms with E-state index in [0.29, 0.717) is 18.8 Å². The van der Waals surface area contributed by atoms with Crippen LogP contribution in [-0.2, 0) is 9.59 Å². The van der Waals surface area contributed by atoms with E-state index in [-0.39, 0.29) is 24.3 Å². The van der Waals surface area contributed by atoms with E-state index in [1.807, 2.05) is 42.5 Å². The maximum absolute atomic E-state index is 12.7. The molecule has 1 saturated heterocycles. The fourth-order valence-corrected chi connectivity index (χ4v) is 5.28. The highest BCUT2D eigenvalue weighted by Gasteiger charge is 2.27. The molecule has 1 N–H and O–H groups in total. The highest BCUT2D eigenvalue weighted by molar-refractivity contribution is 8.00. The molecule has 0 spiro atoms. The minimum atomic E-state index is -0.0393. The molecule has 4 rings (SSSR count). The molecule has 2 aliphatic rings. The van der Waals surface area contributed by atoms with Crippen LogP contribution in [-0.4, -0.2) is 55.8 Å². The van der Waals surface area contributed by atoms with Crippen molar-refractivity contribution in [1.29, 1.82) is 0 Å². The number of thioether (sulfide) groups is 1. The van der Waals surface area contributed by atoms with Gasteiger partial charge in [0.2, 0.25) is 11.8 Å². The van der Waals surface area contributed by atoms with E-state index in [1.165, 1.54) is 12.8 Å². The lowest BCUT2D eigenvalue weighted by Gasteiger charge is -2.30. The van der Waals surface area contributed by atoms with E-state index in [2.05, 4.69) is 16.3 Å². The molecule has 0 aliphatic carbocycles. The minimum Gasteiger partial charge on any atom is -0.496 e. The molecule has 6 nitrogen and oxygen atoms in total. The maximum atomic E-state index is 12.7. The Morgan fingerprint density at radius 1 is 1.13 bits per heavy atom. The Hall–Kier alpha value is -2.51. The number of hydrogen-bond donors (Lipinski definition) is 1. The van der Waals surface area contributed by atoms with E-state index < -0.39 is 0 Å². The highest BCUT2D eigenvalue weighted by Crippen LogP contribution is 2.35. The second-order valence-corrected chi connectivity index (χ2v) is 8.87. The van der Waals surface area contributed by atoms with E-state index >= 15 is 0 Å². The molecule has 2 aliphatic heterocycles. The van der Waals surface area contributed by atoms with Gasteiger partial charge in [0.25, 0.3) is 0 Å². The number of rotatable bonds is 8. The Bertz CT molecular complexity index is 930. The molecule has 7 heteroatoms. The SMILES string of the molecule is COc1ccccc1[C@@H](CNC(=O)CCN1C(=O)CSc2ccccc21)N1CCCC1. The standard InChI is InChI=1S/C24H29N3O3S/c1-30-21-10-4-2-8-18(21)20(26-13-6-7-14-26)16-25-23(28)12-15-27-19-9-3-5-11-22(19)31-17-24(27)29/h2-5,8-11,20H,6-7,12-17H2,1H3,(H,25,28)/t20-/m1/s1. The average molecular weight is 440 g/mol. The first kappa shape index (κ1) is 21.7. The zero-order valence-corrected chi connectivity index (χ0v) is 18.7. The number of nitrogens with one attached hydrogen (secondary N) is 1. The van der Waals surface area contributed by atoms with Crippen LogP contribution in [0.15, 0.2) is 53.4 Å². The number of anilines is 1. The molecule has 2 heterocycles. The van der Waals surface area contributed by atoms with Gasteiger partial charge in [-0.3, -0.25) is 14.5 Å². The van der Waals surface area contributed by atoms with Crippen molar-refractivity contribution in [1.82, 2.24) is 10.2 Å². The van der Waals surface area contributed by atoms with E-state index in [0.717, 1.165) is 35.0 Å². The smallest absolute Gasteiger partial charge is 0.237 e. The number of amides is 2. The molecule has 0 bridgehead atoms. The van der Waals surface area contributed by atoms with Gasteiger partial charge in [0.1, 0.15) is 5.75 Å². The van der Waals surface area contributed by atoms with Crippen LogP contribution in [0.5, 0.6) is 5.75 Å². The molecule has 1 atom stereocenters. The number of hydrogen-bond acceptors (Lipinski definition) is 5. The Balaban J connectivity index is 1.39. The molecule has 2 amide bonds. The zero-order valence-electron chi connectivity index (χ0n) is 17.9. The lowest BCUT2D eigenvalue weighted by molar-refractivity contribution is -0.121. The van der Waals surface area contributed by atoms with Crippen molar-refractivity contribution < 1.29 is 14.3 Å². The summed E-state index contributed by atoms with van der Waals surface area (Å²) in [5.74, 6) is 1.29. The van der Waals surface area contributed by atoms with Crippen LogP contribution in [0.4, 0.5) is 5.69 Å². The lowest BCUT2D eigenvalue weighted by atomic mass is 10.0. The van der Waals surface area contributed by atoms with Gasteiger partial charge >= 0.3 is 0 Å². The van der Waals surface area contributed by atoms with Crippen molar-refractivity contribution in [3.63, 3.8) is 0 Å². The van der Waals surface area contributed by atoms with Crippen LogP contribution in [0.3, 0.4) is 0 Å². The first-order valence-corrected chi connectivity index (χ1v) is 11.8. The van der Waals surface area contributed by atoms with Gasteiger partial charge in [-0.2, -0.15) is 0 Å². The third-order valence-electron chi connectivity index (χ3n) is 5.94. The predicted octanol–water partition coefficient (Wildman–Crippen LogP) is 3.48. The summed E-state index contributed by atoms with van der Waals surface area (Å²) in [4.78, 5) is 30.4. The van der Waals surface area contributed by atoms with Crippen LogP contribution in [0.1, 0.15) is 30.9 Å². The second kappa shape index (κ2) is 10.2. The molecule has 0 aromatic heterocycles. The lowest BCUT2D eigenvalue weighted by Crippen LogP contribution is -2.40. The van der Waals surface area contributed by atoms with E-state index in [4.69, 9.17) is 4.74 Å². The van der Waals surface area contributed by atoms with Gasteiger partial charge in [-0.05, 0) is 44.1 Å². The first-order valence-electron chi connectivity index (χ1n) is 10.8. The monoisotopic (exact) mass is 439 g/mol. The van der Waals surface area contributed by atoms with Gasteiger partial charge in [0.15, 0.2) is 0 Å². The van der Waals surface area contributed by atoms with Crippen LogP contribution >= 0.6 is 11.8 Å². The quantitative estimate of drug-likeness (QED) is 0.682. The van der Waals surface area contributed by atoms with Crippen molar-refractivity contribution in [2.45, 2.75) is 30.2 Å². The molecule has 164 valence electrons. The van der Waals surface area contributed by atoms with Crippen molar-refractivity contribution in [2.75, 3.05) is 43.9 Å². The summed E-state index contributed by atoms with van der Waals surface area (Å²) in [5, 5.41) is 3.11. The van der Waals surface area contributed by atoms with Gasteiger partial charge in [-0.25, -0.2) is 0 Å². The van der Waals surface area contributed by atoms with Crippen LogP contribution < -0.4 is 15.0 Å². The Morgan fingerprint density at radius 2 is 1.87 bits per heavy atom. The van der Waals surface area contributed by atoms with Crippen molar-refractivity contribution >= 4 is 29.3 Å². The summed E-state index contributed by atoms with van der Waals surface area (Å²) >= 11 is 1.56. The van der Waals surface area contributed by atoms with E-state index in [9.17, 15) is 9.59 Å². The van der Waals surface area contributed by atoms with Crippen molar-refractivity contribution in [3.8, 4) is 5.75 Å². The number of nitrogens with zero attached hydrogens (tertiary/aromatic N) is 2. The molecule has 1 fully saturated rings. The van der Waals surface area contributed by atoms with Gasteiger partial charge in [-0.15, -0.1) is 11.8 Å². The normalized spacial score (nSPS) is 17.3. The number of likely N-dealkylation sites (tertiary alicyclic amines) is 1. The number of carbonyl (C=O) groups is 2. The van der Waals surface area contributed by atoms with Gasteiger partial charge < -0.3 is 15.0 Å². The van der Waals surface area contributed by atoms with Crippen LogP contribution in [0, 0.1) is 0 Å². The van der Waals surface area contributed by atoms with Gasteiger partial charge in [0.05, 0.1) is 24.6 Å². The Labute approximate surface area is 187 Å². The number of para-hydroxylation sites is 2. The summed E-state index contributed by atoms with van der Waals surface area (Å²) in [5.41, 5.74) is 2.00. The maximum Gasteiger partial charge on any atom is 0.237 e. The van der Waals surface area contributed by atoms with Crippen molar-refractivity contribution in [2.24, 2.45) is 0 Å². The number of benzene rings is 2. The first-order chi connectivity index (χ1) is 15.2. The van der Waals surface area contributed by atoms with Crippen LogP contribution in [0.25, 0.3) is 0 Å². The number of ether oxygens (including phenoxy) is 1. The Kier molecular flexibility index (Phi) is 7.14. The molecule has 0 saturated carbocycles. The second-order valence-electron chi connectivity index (χ2n) is 7.86. The van der Waals surface area contributed by atoms with Gasteiger partial charge in [0, 0.05) is 30.0 Å². The average Bonchev–Trinajstić information content (AvgIpc) is 3.33. The largest absolute Gasteiger partial charge is 0.496 e. The zero-order chi connectivity index (χ0) is 21.6. The number of fused-ring (bicyclic) bond motifs is 1. The molecule has 0 radical (unpaired) electrons. The molecule has 31 heavy (non-hydrogen) atoms. The third-order valence-corrected chi connectivity index (χ3v) is 6.99. The fraction of sp³-hybridized carbons (Fsp3) is 0.417. The Morgan fingerprint density at radius 3 is 2.68 bits per heavy atom. The summed E-state index contributed by atoms with van der Waals surface area (Å²) in [7, 11) is 1.68. The molecular weight excluding hydrogens is 410 g/mol. The molecule has 2 aromatic carbocycles. The van der Waals surface area contributed by atoms with Gasteiger partial charge in [-0.1, -0.05) is 30.3 Å². The molecular formula is C24H29N3O3S. The number of carbonyl (C=O) groups excluding carboxylic acids is 2. The summed E-state index contributed by atoms with van der Waals surface area (Å²) in [6.07, 6.45) is 2.63.